The largest absolute Gasteiger partial charge is 0.573 e. The van der Waals surface area contributed by atoms with Crippen molar-refractivity contribution in [3.8, 4) is 11.4 Å². The van der Waals surface area contributed by atoms with E-state index < -0.39 is 6.36 Å². The Balaban J connectivity index is 1.28. The van der Waals surface area contributed by atoms with E-state index in [9.17, 15) is 18.0 Å². The molecule has 0 saturated carbocycles. The Hall–Kier alpha value is -3.67. The van der Waals surface area contributed by atoms with Crippen LogP contribution in [0.2, 0.25) is 0 Å². The van der Waals surface area contributed by atoms with Crippen molar-refractivity contribution >= 4 is 17.5 Å². The van der Waals surface area contributed by atoms with Gasteiger partial charge in [-0.05, 0) is 46.8 Å². The summed E-state index contributed by atoms with van der Waals surface area (Å²) in [6, 6.07) is 14.6. The number of rotatable bonds is 6. The summed E-state index contributed by atoms with van der Waals surface area (Å²) in [5.41, 5.74) is 1.26. The molecule has 1 aromatic heterocycles. The Morgan fingerprint density at radius 1 is 1.00 bits per heavy atom. The van der Waals surface area contributed by atoms with Crippen molar-refractivity contribution in [3.05, 3.63) is 54.6 Å². The minimum Gasteiger partial charge on any atom is -0.406 e. The summed E-state index contributed by atoms with van der Waals surface area (Å²) >= 11 is 0. The van der Waals surface area contributed by atoms with E-state index in [1.165, 1.54) is 12.1 Å². The number of hydrogen-bond acceptors (Lipinski definition) is 7. The van der Waals surface area contributed by atoms with Gasteiger partial charge in [-0.2, -0.15) is 4.68 Å². The number of amides is 1. The number of alkyl halides is 3. The van der Waals surface area contributed by atoms with E-state index in [2.05, 4.69) is 30.5 Å². The third-order valence-corrected chi connectivity index (χ3v) is 4.85. The van der Waals surface area contributed by atoms with Gasteiger partial charge in [-0.15, -0.1) is 13.2 Å². The van der Waals surface area contributed by atoms with Gasteiger partial charge in [-0.3, -0.25) is 9.69 Å². The minimum atomic E-state index is -4.75. The highest BCUT2D eigenvalue weighted by Gasteiger charge is 2.31. The molecule has 2 aromatic carbocycles. The molecule has 1 aliphatic rings. The fourth-order valence-corrected chi connectivity index (χ4v) is 3.37. The summed E-state index contributed by atoms with van der Waals surface area (Å²) in [4.78, 5) is 16.4. The molecule has 1 fully saturated rings. The Morgan fingerprint density at radius 2 is 1.69 bits per heavy atom. The van der Waals surface area contributed by atoms with Crippen LogP contribution in [0.3, 0.4) is 0 Å². The molecule has 12 heteroatoms. The lowest BCUT2D eigenvalue weighted by Crippen LogP contribution is -2.49. The molecular formula is C20H20F3N7O2. The third-order valence-electron chi connectivity index (χ3n) is 4.85. The highest BCUT2D eigenvalue weighted by atomic mass is 19.4. The zero-order valence-electron chi connectivity index (χ0n) is 16.9. The van der Waals surface area contributed by atoms with Crippen molar-refractivity contribution in [1.82, 2.24) is 25.1 Å². The van der Waals surface area contributed by atoms with Crippen molar-refractivity contribution in [3.63, 3.8) is 0 Å². The van der Waals surface area contributed by atoms with Gasteiger partial charge in [0.15, 0.2) is 0 Å². The number of benzene rings is 2. The van der Waals surface area contributed by atoms with Gasteiger partial charge < -0.3 is 15.0 Å². The van der Waals surface area contributed by atoms with Gasteiger partial charge in [-0.25, -0.2) is 0 Å². The van der Waals surface area contributed by atoms with Gasteiger partial charge in [0.2, 0.25) is 11.9 Å². The van der Waals surface area contributed by atoms with Crippen molar-refractivity contribution in [2.45, 2.75) is 6.36 Å². The molecule has 9 nitrogen and oxygen atoms in total. The number of para-hydroxylation sites is 1. The predicted molar refractivity (Wildman–Crippen MR) is 110 cm³/mol. The lowest BCUT2D eigenvalue weighted by atomic mass is 10.3. The molecule has 0 atom stereocenters. The fourth-order valence-electron chi connectivity index (χ4n) is 3.37. The van der Waals surface area contributed by atoms with E-state index in [1.807, 2.05) is 35.2 Å². The van der Waals surface area contributed by atoms with Crippen LogP contribution in [0.4, 0.5) is 24.8 Å². The number of piperazine rings is 1. The zero-order chi connectivity index (χ0) is 22.6. The molecule has 1 aliphatic heterocycles. The van der Waals surface area contributed by atoms with E-state index in [4.69, 9.17) is 0 Å². The number of tetrazole rings is 1. The molecule has 0 radical (unpaired) electrons. The molecule has 1 amide bonds. The van der Waals surface area contributed by atoms with Gasteiger partial charge in [0.1, 0.15) is 5.75 Å². The molecular weight excluding hydrogens is 427 g/mol. The molecule has 32 heavy (non-hydrogen) atoms. The Labute approximate surface area is 181 Å². The summed E-state index contributed by atoms with van der Waals surface area (Å²) < 4.78 is 42.2. The minimum absolute atomic E-state index is 0.165. The topological polar surface area (TPSA) is 88.4 Å². The van der Waals surface area contributed by atoms with Crippen molar-refractivity contribution in [2.75, 3.05) is 42.9 Å². The maximum absolute atomic E-state index is 12.3. The molecule has 3 aromatic rings. The number of anilines is 2. The second kappa shape index (κ2) is 9.22. The highest BCUT2D eigenvalue weighted by Crippen LogP contribution is 2.24. The Bertz CT molecular complexity index is 1030. The van der Waals surface area contributed by atoms with E-state index >= 15 is 0 Å². The monoisotopic (exact) mass is 447 g/mol. The average Bonchev–Trinajstić information content (AvgIpc) is 3.25. The molecule has 1 N–H and O–H groups in total. The first-order valence-electron chi connectivity index (χ1n) is 9.84. The van der Waals surface area contributed by atoms with Crippen LogP contribution in [0.1, 0.15) is 0 Å². The molecule has 0 bridgehead atoms. The maximum atomic E-state index is 12.3. The number of carbonyl (C=O) groups is 1. The molecule has 0 unspecified atom stereocenters. The number of nitrogens with zero attached hydrogens (tertiary/aromatic N) is 6. The molecule has 1 saturated heterocycles. The second-order valence-corrected chi connectivity index (χ2v) is 7.11. The summed E-state index contributed by atoms with van der Waals surface area (Å²) in [6.07, 6.45) is -4.75. The van der Waals surface area contributed by atoms with Crippen molar-refractivity contribution in [1.29, 1.82) is 0 Å². The number of nitrogens with one attached hydrogen (secondary N) is 1. The lowest BCUT2D eigenvalue weighted by molar-refractivity contribution is -0.274. The quantitative estimate of drug-likeness (QED) is 0.621. The van der Waals surface area contributed by atoms with Crippen LogP contribution in [0.5, 0.6) is 5.75 Å². The molecule has 0 aliphatic carbocycles. The van der Waals surface area contributed by atoms with E-state index in [-0.39, 0.29) is 18.2 Å². The van der Waals surface area contributed by atoms with Crippen molar-refractivity contribution in [2.24, 2.45) is 0 Å². The number of carbonyl (C=O) groups excluding carboxylic acids is 1. The Kier molecular flexibility index (Phi) is 6.21. The van der Waals surface area contributed by atoms with Crippen LogP contribution in [0.25, 0.3) is 5.69 Å². The van der Waals surface area contributed by atoms with Gasteiger partial charge in [0.25, 0.3) is 0 Å². The van der Waals surface area contributed by atoms with Crippen LogP contribution in [0.15, 0.2) is 54.6 Å². The zero-order valence-corrected chi connectivity index (χ0v) is 16.9. The summed E-state index contributed by atoms with van der Waals surface area (Å²) in [6.45, 7) is 2.72. The molecule has 2 heterocycles. The second-order valence-electron chi connectivity index (χ2n) is 7.11. The van der Waals surface area contributed by atoms with Crippen LogP contribution >= 0.6 is 0 Å². The smallest absolute Gasteiger partial charge is 0.406 e. The number of ether oxygens (including phenoxy) is 1. The maximum Gasteiger partial charge on any atom is 0.573 e. The standard InChI is InChI=1S/C20H20F3N7O2/c21-20(22,23)32-17-8-6-15(7-9-17)24-18(31)14-28-10-12-29(13-11-28)19-25-26-27-30(19)16-4-2-1-3-5-16/h1-9H,10-14H2,(H,24,31). The van der Waals surface area contributed by atoms with Gasteiger partial charge in [-0.1, -0.05) is 23.3 Å². The van der Waals surface area contributed by atoms with Gasteiger partial charge in [0.05, 0.1) is 12.2 Å². The normalized spacial score (nSPS) is 14.9. The van der Waals surface area contributed by atoms with E-state index in [0.29, 0.717) is 37.8 Å². The van der Waals surface area contributed by atoms with Gasteiger partial charge in [0, 0.05) is 31.9 Å². The first-order valence-corrected chi connectivity index (χ1v) is 9.84. The lowest BCUT2D eigenvalue weighted by Gasteiger charge is -2.34. The first kappa shape index (κ1) is 21.6. The highest BCUT2D eigenvalue weighted by molar-refractivity contribution is 5.92. The summed E-state index contributed by atoms with van der Waals surface area (Å²) in [7, 11) is 0. The van der Waals surface area contributed by atoms with Crippen LogP contribution < -0.4 is 15.0 Å². The summed E-state index contributed by atoms with van der Waals surface area (Å²) in [5.74, 6) is 0.0444. The Morgan fingerprint density at radius 3 is 2.34 bits per heavy atom. The molecule has 168 valence electrons. The van der Waals surface area contributed by atoms with Crippen LogP contribution in [-0.2, 0) is 4.79 Å². The third kappa shape index (κ3) is 5.52. The SMILES string of the molecule is O=C(CN1CCN(c2nnnn2-c2ccccc2)CC1)Nc1ccc(OC(F)(F)F)cc1. The van der Waals surface area contributed by atoms with E-state index in [1.54, 1.807) is 4.68 Å². The number of halogens is 3. The van der Waals surface area contributed by atoms with Crippen molar-refractivity contribution < 1.29 is 22.7 Å². The first-order chi connectivity index (χ1) is 15.4. The van der Waals surface area contributed by atoms with Crippen LogP contribution in [0, 0.1) is 0 Å². The molecule has 0 spiro atoms. The fraction of sp³-hybridized carbons (Fsp3) is 0.300. The van der Waals surface area contributed by atoms with E-state index in [0.717, 1.165) is 17.8 Å². The van der Waals surface area contributed by atoms with Gasteiger partial charge >= 0.3 is 6.36 Å². The van der Waals surface area contributed by atoms with Crippen LogP contribution in [-0.4, -0.2) is 70.1 Å². The average molecular weight is 447 g/mol. The molecule has 4 rings (SSSR count). The predicted octanol–water partition coefficient (Wildman–Crippen LogP) is 2.32. The number of hydrogen-bond donors (Lipinski definition) is 1. The summed E-state index contributed by atoms with van der Waals surface area (Å²) in [5, 5.41) is 14.7. The number of aromatic nitrogens is 4.